The average Bonchev–Trinajstić information content (AvgIpc) is 2.89. The van der Waals surface area contributed by atoms with Crippen molar-refractivity contribution in [3.63, 3.8) is 0 Å². The van der Waals surface area contributed by atoms with E-state index >= 15 is 0 Å². The van der Waals surface area contributed by atoms with E-state index in [1.807, 2.05) is 12.1 Å². The van der Waals surface area contributed by atoms with E-state index in [4.69, 9.17) is 0 Å². The minimum atomic E-state index is -0.346. The molecule has 0 amide bonds. The molecule has 0 saturated heterocycles. The Morgan fingerprint density at radius 2 is 1.88 bits per heavy atom. The van der Waals surface area contributed by atoms with Crippen LogP contribution in [0.3, 0.4) is 0 Å². The van der Waals surface area contributed by atoms with E-state index in [2.05, 4.69) is 35.9 Å². The Hall–Kier alpha value is -1.12. The van der Waals surface area contributed by atoms with Crippen LogP contribution in [-0.4, -0.2) is 5.11 Å². The lowest BCUT2D eigenvalue weighted by molar-refractivity contribution is 0.168. The summed E-state index contributed by atoms with van der Waals surface area (Å²) in [6.07, 6.45) is 2.44. The third-order valence-electron chi connectivity index (χ3n) is 3.06. The Morgan fingerprint density at radius 1 is 1.12 bits per heavy atom. The minimum absolute atomic E-state index is 0.346. The highest BCUT2D eigenvalue weighted by molar-refractivity contribution is 7.07. The Morgan fingerprint density at radius 3 is 2.47 bits per heavy atom. The third-order valence-corrected chi connectivity index (χ3v) is 3.79. The Balaban J connectivity index is 1.92. The van der Waals surface area contributed by atoms with Gasteiger partial charge in [0.1, 0.15) is 0 Å². The average molecular weight is 246 g/mol. The van der Waals surface area contributed by atoms with Gasteiger partial charge in [0.25, 0.3) is 0 Å². The topological polar surface area (TPSA) is 20.2 Å². The zero-order valence-corrected chi connectivity index (χ0v) is 10.9. The van der Waals surface area contributed by atoms with Crippen molar-refractivity contribution in [3.05, 3.63) is 57.8 Å². The molecular formula is C15H18OS. The van der Waals surface area contributed by atoms with Crippen molar-refractivity contribution in [2.45, 2.75) is 32.3 Å². The molecule has 1 aromatic heterocycles. The van der Waals surface area contributed by atoms with Crippen LogP contribution >= 0.6 is 11.3 Å². The van der Waals surface area contributed by atoms with Gasteiger partial charge >= 0.3 is 0 Å². The number of hydrogen-bond donors (Lipinski definition) is 1. The van der Waals surface area contributed by atoms with Crippen LogP contribution in [0, 0.1) is 0 Å². The maximum atomic E-state index is 10.1. The maximum absolute atomic E-state index is 10.1. The molecule has 0 saturated carbocycles. The zero-order valence-electron chi connectivity index (χ0n) is 10.1. The maximum Gasteiger partial charge on any atom is 0.0793 e. The fraction of sp³-hybridized carbons (Fsp3) is 0.333. The Labute approximate surface area is 107 Å². The summed E-state index contributed by atoms with van der Waals surface area (Å²) in [5.41, 5.74) is 3.66. The van der Waals surface area contributed by atoms with Crippen LogP contribution in [0.2, 0.25) is 0 Å². The van der Waals surface area contributed by atoms with Crippen LogP contribution in [-0.2, 0) is 12.8 Å². The molecule has 90 valence electrons. The first-order chi connectivity index (χ1) is 8.29. The van der Waals surface area contributed by atoms with E-state index in [1.165, 1.54) is 11.1 Å². The Kier molecular flexibility index (Phi) is 4.35. The van der Waals surface area contributed by atoms with E-state index in [9.17, 15) is 5.11 Å². The highest BCUT2D eigenvalue weighted by Gasteiger charge is 2.07. The summed E-state index contributed by atoms with van der Waals surface area (Å²) in [5.74, 6) is 0. The minimum Gasteiger partial charge on any atom is -0.388 e. The molecule has 0 aliphatic carbocycles. The zero-order chi connectivity index (χ0) is 12.1. The van der Waals surface area contributed by atoms with Gasteiger partial charge in [-0.2, -0.15) is 11.3 Å². The molecule has 0 spiro atoms. The van der Waals surface area contributed by atoms with E-state index in [0.29, 0.717) is 0 Å². The predicted octanol–water partition coefficient (Wildman–Crippen LogP) is 3.98. The molecule has 0 aliphatic rings. The molecule has 2 heteroatoms. The highest BCUT2D eigenvalue weighted by atomic mass is 32.1. The first kappa shape index (κ1) is 12.3. The molecule has 17 heavy (non-hydrogen) atoms. The van der Waals surface area contributed by atoms with Crippen molar-refractivity contribution >= 4 is 11.3 Å². The van der Waals surface area contributed by atoms with Crippen molar-refractivity contribution in [2.24, 2.45) is 0 Å². The monoisotopic (exact) mass is 246 g/mol. The van der Waals surface area contributed by atoms with Gasteiger partial charge in [0.05, 0.1) is 6.10 Å². The summed E-state index contributed by atoms with van der Waals surface area (Å²) >= 11 is 1.71. The number of aliphatic hydroxyl groups excluding tert-OH is 1. The molecule has 0 bridgehead atoms. The first-order valence-corrected chi connectivity index (χ1v) is 7.02. The first-order valence-electron chi connectivity index (χ1n) is 6.07. The quantitative estimate of drug-likeness (QED) is 0.846. The summed E-state index contributed by atoms with van der Waals surface area (Å²) in [5, 5.41) is 14.3. The highest BCUT2D eigenvalue weighted by Crippen LogP contribution is 2.20. The van der Waals surface area contributed by atoms with Crippen molar-refractivity contribution in [2.75, 3.05) is 0 Å². The van der Waals surface area contributed by atoms with Gasteiger partial charge in [0.2, 0.25) is 0 Å². The molecule has 0 fully saturated rings. The third kappa shape index (κ3) is 3.42. The molecule has 0 radical (unpaired) electrons. The van der Waals surface area contributed by atoms with E-state index < -0.39 is 0 Å². The Bertz CT molecular complexity index is 430. The standard InChI is InChI=1S/C15H18OS/c1-2-12-3-6-14(7-4-12)15(16)8-5-13-9-10-17-11-13/h3-4,6-7,9-11,15-16H,2,5,8H2,1H3. The fourth-order valence-corrected chi connectivity index (χ4v) is 2.58. The van der Waals surface area contributed by atoms with Gasteiger partial charge in [0, 0.05) is 0 Å². The van der Waals surface area contributed by atoms with Gasteiger partial charge in [-0.1, -0.05) is 31.2 Å². The second-order valence-corrected chi connectivity index (χ2v) is 5.06. The van der Waals surface area contributed by atoms with Crippen molar-refractivity contribution in [3.8, 4) is 0 Å². The lowest BCUT2D eigenvalue weighted by Crippen LogP contribution is -1.99. The molecule has 1 atom stereocenters. The van der Waals surface area contributed by atoms with E-state index in [-0.39, 0.29) is 6.10 Å². The van der Waals surface area contributed by atoms with Gasteiger partial charge in [0.15, 0.2) is 0 Å². The van der Waals surface area contributed by atoms with Gasteiger partial charge in [-0.3, -0.25) is 0 Å². The number of benzene rings is 1. The summed E-state index contributed by atoms with van der Waals surface area (Å²) in [7, 11) is 0. The summed E-state index contributed by atoms with van der Waals surface area (Å²) < 4.78 is 0. The molecule has 1 unspecified atom stereocenters. The van der Waals surface area contributed by atoms with Crippen LogP contribution in [0.25, 0.3) is 0 Å². The van der Waals surface area contributed by atoms with Crippen LogP contribution in [0.5, 0.6) is 0 Å². The second kappa shape index (κ2) is 5.99. The molecule has 0 aliphatic heterocycles. The second-order valence-electron chi connectivity index (χ2n) is 4.28. The SMILES string of the molecule is CCc1ccc(C(O)CCc2ccsc2)cc1. The lowest BCUT2D eigenvalue weighted by Gasteiger charge is -2.10. The molecule has 2 rings (SSSR count). The summed E-state index contributed by atoms with van der Waals surface area (Å²) in [6.45, 7) is 2.14. The number of thiophene rings is 1. The van der Waals surface area contributed by atoms with Gasteiger partial charge in [-0.25, -0.2) is 0 Å². The van der Waals surface area contributed by atoms with Crippen LogP contribution < -0.4 is 0 Å². The van der Waals surface area contributed by atoms with Crippen molar-refractivity contribution in [1.29, 1.82) is 0 Å². The number of aliphatic hydroxyl groups is 1. The van der Waals surface area contributed by atoms with Gasteiger partial charge in [-0.15, -0.1) is 0 Å². The molecule has 1 heterocycles. The van der Waals surface area contributed by atoms with E-state index in [1.54, 1.807) is 11.3 Å². The molecule has 1 N–H and O–H groups in total. The number of aryl methyl sites for hydroxylation is 2. The normalized spacial score (nSPS) is 12.6. The van der Waals surface area contributed by atoms with Gasteiger partial charge < -0.3 is 5.11 Å². The molecular weight excluding hydrogens is 228 g/mol. The van der Waals surface area contributed by atoms with Crippen LogP contribution in [0.15, 0.2) is 41.1 Å². The summed E-state index contributed by atoms with van der Waals surface area (Å²) in [6, 6.07) is 10.4. The van der Waals surface area contributed by atoms with Crippen molar-refractivity contribution < 1.29 is 5.11 Å². The largest absolute Gasteiger partial charge is 0.388 e. The smallest absolute Gasteiger partial charge is 0.0793 e. The number of rotatable bonds is 5. The van der Waals surface area contributed by atoms with Crippen molar-refractivity contribution in [1.82, 2.24) is 0 Å². The van der Waals surface area contributed by atoms with Crippen LogP contribution in [0.1, 0.15) is 36.1 Å². The number of hydrogen-bond acceptors (Lipinski definition) is 2. The fourth-order valence-electron chi connectivity index (χ4n) is 1.88. The molecule has 1 aromatic carbocycles. The van der Waals surface area contributed by atoms with Crippen LogP contribution in [0.4, 0.5) is 0 Å². The molecule has 1 nitrogen and oxygen atoms in total. The summed E-state index contributed by atoms with van der Waals surface area (Å²) in [4.78, 5) is 0. The van der Waals surface area contributed by atoms with Gasteiger partial charge in [-0.05, 0) is 52.8 Å². The van der Waals surface area contributed by atoms with E-state index in [0.717, 1.165) is 24.8 Å². The lowest BCUT2D eigenvalue weighted by atomic mass is 10.0. The molecule has 2 aromatic rings. The predicted molar refractivity (Wildman–Crippen MR) is 73.4 cm³/mol.